The highest BCUT2D eigenvalue weighted by atomic mass is 19.3. The number of benzene rings is 4. The second-order valence-electron chi connectivity index (χ2n) is 17.0. The molecule has 0 saturated carbocycles. The Morgan fingerprint density at radius 1 is 0.733 bits per heavy atom. The molecule has 60 heavy (non-hydrogen) atoms. The van der Waals surface area contributed by atoms with E-state index in [1.165, 1.54) is 39.1 Å². The normalized spacial score (nSPS) is 18.9. The summed E-state index contributed by atoms with van der Waals surface area (Å²) in [6.45, 7) is 21.8. The first kappa shape index (κ1) is 42.8. The zero-order chi connectivity index (χ0) is 42.7. The van der Waals surface area contributed by atoms with Gasteiger partial charge in [0.25, 0.3) is 5.92 Å². The lowest BCUT2D eigenvalue weighted by Crippen LogP contribution is -2.43. The minimum absolute atomic E-state index is 0.0372. The van der Waals surface area contributed by atoms with Crippen LogP contribution in [0.25, 0.3) is 21.5 Å². The molecule has 316 valence electrons. The maximum absolute atomic E-state index is 14.2. The molecule has 2 saturated heterocycles. The van der Waals surface area contributed by atoms with Crippen molar-refractivity contribution in [2.24, 2.45) is 0 Å². The summed E-state index contributed by atoms with van der Waals surface area (Å²) < 4.78 is 34.0. The van der Waals surface area contributed by atoms with Crippen LogP contribution in [0.4, 0.5) is 26.1 Å². The Bertz CT molecular complexity index is 2470. The monoisotopic (exact) mass is 814 g/mol. The molecule has 9 nitrogen and oxygen atoms in total. The van der Waals surface area contributed by atoms with Crippen molar-refractivity contribution in [1.82, 2.24) is 25.7 Å². The second kappa shape index (κ2) is 18.2. The predicted molar refractivity (Wildman–Crippen MR) is 242 cm³/mol. The van der Waals surface area contributed by atoms with Crippen molar-refractivity contribution in [1.29, 1.82) is 0 Å². The van der Waals surface area contributed by atoms with Crippen molar-refractivity contribution in [2.45, 2.75) is 105 Å². The zero-order valence-electron chi connectivity index (χ0n) is 36.6. The molecule has 0 bridgehead atoms. The number of fused-ring (bicyclic) bond motifs is 2. The maximum Gasteiger partial charge on any atom is 0.260 e. The summed E-state index contributed by atoms with van der Waals surface area (Å²) in [5.41, 5.74) is 11.6. The predicted octanol–water partition coefficient (Wildman–Crippen LogP) is 10.8. The van der Waals surface area contributed by atoms with E-state index in [4.69, 9.17) is 4.74 Å². The molecular weight excluding hydrogens is 755 g/mol. The molecule has 0 radical (unpaired) electrons. The molecule has 4 atom stereocenters. The van der Waals surface area contributed by atoms with Crippen LogP contribution >= 0.6 is 0 Å². The SMILES string of the molecule is Cc1cccc([C@@H](C)Nc2nnc(C)c3ccc(C4CCNCC(F)(F)C4)cc23)c1C.Cc1cccc([C@@H](C)Nc2nnc(C)c3ccc(N4CCOC[C@@H]4C)cc23)c1C. The molecule has 0 spiro atoms. The van der Waals surface area contributed by atoms with Gasteiger partial charge in [0.05, 0.1) is 43.2 Å². The summed E-state index contributed by atoms with van der Waals surface area (Å²) in [6.07, 6.45) is 0.560. The Morgan fingerprint density at radius 3 is 1.88 bits per heavy atom. The van der Waals surface area contributed by atoms with Crippen LogP contribution in [0.2, 0.25) is 0 Å². The molecule has 2 aliphatic heterocycles. The van der Waals surface area contributed by atoms with E-state index < -0.39 is 5.92 Å². The molecule has 2 fully saturated rings. The van der Waals surface area contributed by atoms with E-state index in [1.807, 2.05) is 32.0 Å². The molecule has 0 aliphatic carbocycles. The average Bonchev–Trinajstić information content (AvgIpc) is 3.42. The molecule has 8 rings (SSSR count). The molecular formula is C49H60F2N8O. The molecule has 6 aromatic rings. The second-order valence-corrected chi connectivity index (χ2v) is 17.0. The van der Waals surface area contributed by atoms with E-state index in [0.29, 0.717) is 24.8 Å². The molecule has 1 unspecified atom stereocenters. The molecule has 0 amide bonds. The van der Waals surface area contributed by atoms with Gasteiger partial charge in [-0.1, -0.05) is 54.6 Å². The van der Waals surface area contributed by atoms with Crippen LogP contribution in [0.1, 0.15) is 102 Å². The van der Waals surface area contributed by atoms with Crippen LogP contribution in [0, 0.1) is 41.5 Å². The number of nitrogens with zero attached hydrogens (tertiary/aromatic N) is 5. The molecule has 2 aliphatic rings. The summed E-state index contributed by atoms with van der Waals surface area (Å²) in [5, 5.41) is 31.9. The van der Waals surface area contributed by atoms with E-state index in [0.717, 1.165) is 64.1 Å². The fraction of sp³-hybridized carbons (Fsp3) is 0.429. The number of hydrogen-bond acceptors (Lipinski definition) is 9. The Labute approximate surface area is 353 Å². The molecule has 4 aromatic carbocycles. The third-order valence-corrected chi connectivity index (χ3v) is 12.6. The zero-order valence-corrected chi connectivity index (χ0v) is 36.6. The summed E-state index contributed by atoms with van der Waals surface area (Å²) in [4.78, 5) is 2.41. The third kappa shape index (κ3) is 9.37. The fourth-order valence-electron chi connectivity index (χ4n) is 8.76. The summed E-state index contributed by atoms with van der Waals surface area (Å²) in [5.74, 6) is -1.36. The van der Waals surface area contributed by atoms with Gasteiger partial charge in [-0.25, -0.2) is 8.78 Å². The number of halogens is 2. The highest BCUT2D eigenvalue weighted by Gasteiger charge is 2.35. The first-order chi connectivity index (χ1) is 28.7. The number of aryl methyl sites for hydroxylation is 4. The van der Waals surface area contributed by atoms with Crippen molar-refractivity contribution in [2.75, 3.05) is 48.4 Å². The maximum atomic E-state index is 14.2. The Morgan fingerprint density at radius 2 is 1.30 bits per heavy atom. The molecule has 11 heteroatoms. The number of aromatic nitrogens is 4. The van der Waals surface area contributed by atoms with Gasteiger partial charge in [-0.3, -0.25) is 0 Å². The largest absolute Gasteiger partial charge is 0.377 e. The van der Waals surface area contributed by atoms with E-state index >= 15 is 0 Å². The van der Waals surface area contributed by atoms with Crippen LogP contribution < -0.4 is 20.9 Å². The van der Waals surface area contributed by atoms with Gasteiger partial charge in [0, 0.05) is 46.2 Å². The summed E-state index contributed by atoms with van der Waals surface area (Å²) in [6, 6.07) is 25.9. The summed E-state index contributed by atoms with van der Waals surface area (Å²) >= 11 is 0. The highest BCUT2D eigenvalue weighted by molar-refractivity contribution is 5.96. The lowest BCUT2D eigenvalue weighted by molar-refractivity contribution is -0.00597. The van der Waals surface area contributed by atoms with Crippen molar-refractivity contribution < 1.29 is 13.5 Å². The smallest absolute Gasteiger partial charge is 0.260 e. The van der Waals surface area contributed by atoms with E-state index in [1.54, 1.807) is 0 Å². The van der Waals surface area contributed by atoms with Crippen LogP contribution in [-0.4, -0.2) is 65.2 Å². The standard InChI is InChI=1S/C25H30F2N4.C24H30N4O/c1-15-6-5-7-21(16(15)2)17(3)29-24-23-12-19(8-9-22(23)18(4)30-31-24)20-10-11-28-14-25(26,27)13-20;1-15-7-6-8-21(17(15)3)18(4)25-24-23-13-20(28-11-12-29-14-16(28)2)9-10-22(23)19(5)26-27-24/h5-9,12,17,20,28H,10-11,13-14H2,1-4H3,(H,29,31);6-10,13,16,18H,11-12,14H2,1-5H3,(H,25,27)/t17-,20?;16-,18+/m10/s1. The number of anilines is 3. The number of rotatable bonds is 8. The van der Waals surface area contributed by atoms with Gasteiger partial charge in [-0.2, -0.15) is 10.2 Å². The Kier molecular flexibility index (Phi) is 13.0. The van der Waals surface area contributed by atoms with Gasteiger partial charge >= 0.3 is 0 Å². The number of morpholine rings is 1. The lowest BCUT2D eigenvalue weighted by Gasteiger charge is -2.35. The Balaban J connectivity index is 0.000000182. The third-order valence-electron chi connectivity index (χ3n) is 12.6. The number of nitrogens with one attached hydrogen (secondary N) is 3. The number of hydrogen-bond donors (Lipinski definition) is 3. The van der Waals surface area contributed by atoms with Crippen molar-refractivity contribution in [3.8, 4) is 0 Å². The molecule has 4 heterocycles. The van der Waals surface area contributed by atoms with Crippen molar-refractivity contribution in [3.05, 3.63) is 123 Å². The van der Waals surface area contributed by atoms with Crippen LogP contribution in [0.5, 0.6) is 0 Å². The molecule has 2 aromatic heterocycles. The lowest BCUT2D eigenvalue weighted by atomic mass is 9.89. The van der Waals surface area contributed by atoms with Gasteiger partial charge in [-0.05, 0) is 138 Å². The van der Waals surface area contributed by atoms with Gasteiger partial charge in [0.15, 0.2) is 11.6 Å². The van der Waals surface area contributed by atoms with Gasteiger partial charge in [-0.15, -0.1) is 10.2 Å². The van der Waals surface area contributed by atoms with Gasteiger partial charge in [0.1, 0.15) is 0 Å². The van der Waals surface area contributed by atoms with Crippen molar-refractivity contribution >= 4 is 38.9 Å². The number of alkyl halides is 2. The minimum Gasteiger partial charge on any atom is -0.377 e. The summed E-state index contributed by atoms with van der Waals surface area (Å²) in [7, 11) is 0. The fourth-order valence-corrected chi connectivity index (χ4v) is 8.76. The van der Waals surface area contributed by atoms with Crippen molar-refractivity contribution in [3.63, 3.8) is 0 Å². The van der Waals surface area contributed by atoms with Gasteiger partial charge in [0.2, 0.25) is 0 Å². The Hall–Kier alpha value is -5.26. The van der Waals surface area contributed by atoms with E-state index in [2.05, 4.69) is 144 Å². The van der Waals surface area contributed by atoms with E-state index in [-0.39, 0.29) is 31.0 Å². The van der Waals surface area contributed by atoms with Gasteiger partial charge < -0.3 is 25.6 Å². The average molecular weight is 815 g/mol. The minimum atomic E-state index is -2.69. The first-order valence-corrected chi connectivity index (χ1v) is 21.3. The van der Waals surface area contributed by atoms with Crippen LogP contribution in [-0.2, 0) is 4.74 Å². The van der Waals surface area contributed by atoms with E-state index in [9.17, 15) is 8.78 Å². The first-order valence-electron chi connectivity index (χ1n) is 21.3. The van der Waals surface area contributed by atoms with Crippen LogP contribution in [0.15, 0.2) is 72.8 Å². The number of ether oxygens (including phenoxy) is 1. The highest BCUT2D eigenvalue weighted by Crippen LogP contribution is 2.37. The van der Waals surface area contributed by atoms with Crippen LogP contribution in [0.3, 0.4) is 0 Å². The quantitative estimate of drug-likeness (QED) is 0.139. The topological polar surface area (TPSA) is 100 Å². The molecule has 3 N–H and O–H groups in total.